The van der Waals surface area contributed by atoms with Crippen molar-refractivity contribution in [3.8, 4) is 0 Å². The third-order valence-corrected chi connectivity index (χ3v) is 3.42. The molecule has 0 saturated carbocycles. The van der Waals surface area contributed by atoms with Gasteiger partial charge in [-0.1, -0.05) is 25.1 Å². The Morgan fingerprint density at radius 3 is 2.60 bits per heavy atom. The number of anilines is 1. The van der Waals surface area contributed by atoms with Gasteiger partial charge in [0.05, 0.1) is 5.69 Å². The zero-order valence-corrected chi connectivity index (χ0v) is 13.1. The number of benzene rings is 1. The molecule has 0 fully saturated rings. The molecule has 0 spiro atoms. The van der Waals surface area contributed by atoms with Crippen LogP contribution in [0.25, 0.3) is 0 Å². The van der Waals surface area contributed by atoms with E-state index in [4.69, 9.17) is 0 Å². The van der Waals surface area contributed by atoms with Crippen LogP contribution in [0.5, 0.6) is 0 Å². The zero-order valence-electron chi connectivity index (χ0n) is 13.1. The molecule has 112 valence electrons. The van der Waals surface area contributed by atoms with Crippen molar-refractivity contribution in [2.24, 2.45) is 0 Å². The minimum Gasteiger partial charge on any atom is -0.363 e. The van der Waals surface area contributed by atoms with Gasteiger partial charge in [0.1, 0.15) is 5.82 Å². The first-order valence-electron chi connectivity index (χ1n) is 7.42. The summed E-state index contributed by atoms with van der Waals surface area (Å²) < 4.78 is 14.4. The van der Waals surface area contributed by atoms with Gasteiger partial charge in [-0.05, 0) is 45.4 Å². The lowest BCUT2D eigenvalue weighted by molar-refractivity contribution is 0.554. The van der Waals surface area contributed by atoms with Crippen molar-refractivity contribution in [1.29, 1.82) is 0 Å². The maximum absolute atomic E-state index is 14.4. The molecular weight excluding hydrogens is 251 g/mol. The van der Waals surface area contributed by atoms with E-state index in [1.165, 1.54) is 6.07 Å². The molecule has 0 saturated heterocycles. The van der Waals surface area contributed by atoms with Gasteiger partial charge < -0.3 is 10.2 Å². The predicted molar refractivity (Wildman–Crippen MR) is 85.8 cm³/mol. The van der Waals surface area contributed by atoms with Crippen LogP contribution in [0.1, 0.15) is 45.7 Å². The van der Waals surface area contributed by atoms with Crippen molar-refractivity contribution in [2.45, 2.75) is 46.2 Å². The van der Waals surface area contributed by atoms with Gasteiger partial charge >= 0.3 is 0 Å². The van der Waals surface area contributed by atoms with Gasteiger partial charge in [-0.2, -0.15) is 0 Å². The summed E-state index contributed by atoms with van der Waals surface area (Å²) in [5.74, 6) is -0.164. The molecule has 0 amide bonds. The second-order valence-corrected chi connectivity index (χ2v) is 5.39. The zero-order chi connectivity index (χ0) is 15.1. The highest BCUT2D eigenvalue weighted by Gasteiger charge is 2.20. The Hall–Kier alpha value is -1.35. The lowest BCUT2D eigenvalue weighted by Gasteiger charge is -2.32. The predicted octanol–water partition coefficient (Wildman–Crippen LogP) is 4.29. The molecule has 1 rings (SSSR count). The van der Waals surface area contributed by atoms with Crippen LogP contribution in [-0.4, -0.2) is 19.1 Å². The normalized spacial score (nSPS) is 12.5. The van der Waals surface area contributed by atoms with Crippen molar-refractivity contribution in [2.75, 3.05) is 18.0 Å². The number of nitrogens with zero attached hydrogens (tertiary/aromatic N) is 1. The summed E-state index contributed by atoms with van der Waals surface area (Å²) in [6.45, 7) is 13.7. The third-order valence-electron chi connectivity index (χ3n) is 3.42. The van der Waals surface area contributed by atoms with Gasteiger partial charge in [0.2, 0.25) is 0 Å². The Labute approximate surface area is 122 Å². The molecule has 20 heavy (non-hydrogen) atoms. The molecule has 0 aliphatic heterocycles. The maximum atomic E-state index is 14.4. The molecule has 1 unspecified atom stereocenters. The van der Waals surface area contributed by atoms with E-state index < -0.39 is 0 Å². The fraction of sp³-hybridized carbons (Fsp3) is 0.529. The quantitative estimate of drug-likeness (QED) is 0.714. The average Bonchev–Trinajstić information content (AvgIpc) is 2.42. The van der Waals surface area contributed by atoms with Crippen LogP contribution >= 0.6 is 0 Å². The Morgan fingerprint density at radius 2 is 2.05 bits per heavy atom. The summed E-state index contributed by atoms with van der Waals surface area (Å²) in [5, 5.41) is 3.43. The van der Waals surface area contributed by atoms with E-state index in [2.05, 4.69) is 44.5 Å². The SMILES string of the molecule is C=CCN(c1c(F)cccc1C(C)NCCC)C(C)C. The Balaban J connectivity index is 3.18. The van der Waals surface area contributed by atoms with Crippen LogP contribution in [0, 0.1) is 5.82 Å². The van der Waals surface area contributed by atoms with Gasteiger partial charge in [-0.3, -0.25) is 0 Å². The van der Waals surface area contributed by atoms with Crippen molar-refractivity contribution in [1.82, 2.24) is 5.32 Å². The first-order valence-corrected chi connectivity index (χ1v) is 7.42. The lowest BCUT2D eigenvalue weighted by atomic mass is 10.0. The minimum atomic E-state index is -0.164. The van der Waals surface area contributed by atoms with Crippen LogP contribution in [0.15, 0.2) is 30.9 Å². The summed E-state index contributed by atoms with van der Waals surface area (Å²) in [6, 6.07) is 5.67. The van der Waals surface area contributed by atoms with E-state index >= 15 is 0 Å². The lowest BCUT2D eigenvalue weighted by Crippen LogP contribution is -2.33. The molecule has 0 bridgehead atoms. The van der Waals surface area contributed by atoms with Gasteiger partial charge in [0.15, 0.2) is 0 Å². The second-order valence-electron chi connectivity index (χ2n) is 5.39. The summed E-state index contributed by atoms with van der Waals surface area (Å²) in [6.07, 6.45) is 2.88. The van der Waals surface area contributed by atoms with Crippen molar-refractivity contribution < 1.29 is 4.39 Å². The Kier molecular flexibility index (Phi) is 6.73. The van der Waals surface area contributed by atoms with Crippen LogP contribution in [0.2, 0.25) is 0 Å². The first kappa shape index (κ1) is 16.7. The first-order chi connectivity index (χ1) is 9.52. The van der Waals surface area contributed by atoms with E-state index in [1.807, 2.05) is 12.1 Å². The number of halogens is 1. The summed E-state index contributed by atoms with van der Waals surface area (Å²) in [7, 11) is 0. The third kappa shape index (κ3) is 4.07. The second kappa shape index (κ2) is 8.05. The van der Waals surface area contributed by atoms with Gasteiger partial charge in [-0.25, -0.2) is 4.39 Å². The highest BCUT2D eigenvalue weighted by Crippen LogP contribution is 2.30. The maximum Gasteiger partial charge on any atom is 0.146 e. The smallest absolute Gasteiger partial charge is 0.146 e. The molecule has 0 radical (unpaired) electrons. The summed E-state index contributed by atoms with van der Waals surface area (Å²) in [5.41, 5.74) is 1.70. The minimum absolute atomic E-state index is 0.131. The molecule has 1 aromatic rings. The Morgan fingerprint density at radius 1 is 1.35 bits per heavy atom. The van der Waals surface area contributed by atoms with E-state index in [0.717, 1.165) is 18.5 Å². The highest BCUT2D eigenvalue weighted by molar-refractivity contribution is 5.57. The fourth-order valence-corrected chi connectivity index (χ4v) is 2.35. The van der Waals surface area contributed by atoms with E-state index in [-0.39, 0.29) is 17.9 Å². The molecule has 3 heteroatoms. The number of hydrogen-bond acceptors (Lipinski definition) is 2. The van der Waals surface area contributed by atoms with Crippen molar-refractivity contribution in [3.63, 3.8) is 0 Å². The molecular formula is C17H27FN2. The molecule has 0 aliphatic carbocycles. The fourth-order valence-electron chi connectivity index (χ4n) is 2.35. The van der Waals surface area contributed by atoms with Crippen LogP contribution in [0.3, 0.4) is 0 Å². The number of nitrogens with one attached hydrogen (secondary N) is 1. The van der Waals surface area contributed by atoms with E-state index in [9.17, 15) is 4.39 Å². The highest BCUT2D eigenvalue weighted by atomic mass is 19.1. The van der Waals surface area contributed by atoms with Crippen molar-refractivity contribution in [3.05, 3.63) is 42.2 Å². The molecule has 0 aromatic heterocycles. The van der Waals surface area contributed by atoms with Gasteiger partial charge in [0, 0.05) is 18.6 Å². The van der Waals surface area contributed by atoms with Gasteiger partial charge in [-0.15, -0.1) is 6.58 Å². The van der Waals surface area contributed by atoms with Crippen LogP contribution < -0.4 is 10.2 Å². The number of hydrogen-bond donors (Lipinski definition) is 1. The van der Waals surface area contributed by atoms with Crippen molar-refractivity contribution >= 4 is 5.69 Å². The molecule has 2 nitrogen and oxygen atoms in total. The largest absolute Gasteiger partial charge is 0.363 e. The number of rotatable bonds is 8. The molecule has 1 N–H and O–H groups in total. The molecule has 0 aliphatic rings. The monoisotopic (exact) mass is 278 g/mol. The molecule has 1 atom stereocenters. The average molecular weight is 278 g/mol. The van der Waals surface area contributed by atoms with Crippen LogP contribution in [-0.2, 0) is 0 Å². The molecule has 1 aromatic carbocycles. The van der Waals surface area contributed by atoms with Crippen LogP contribution in [0.4, 0.5) is 10.1 Å². The Bertz CT molecular complexity index is 429. The summed E-state index contributed by atoms with van der Waals surface area (Å²) in [4.78, 5) is 2.06. The van der Waals surface area contributed by atoms with E-state index in [0.29, 0.717) is 12.2 Å². The van der Waals surface area contributed by atoms with Gasteiger partial charge in [0.25, 0.3) is 0 Å². The topological polar surface area (TPSA) is 15.3 Å². The summed E-state index contributed by atoms with van der Waals surface area (Å²) >= 11 is 0. The van der Waals surface area contributed by atoms with E-state index in [1.54, 1.807) is 6.07 Å². The molecule has 0 heterocycles. The number of para-hydroxylation sites is 1. The standard InChI is InChI=1S/C17H27FN2/c1-6-11-19-14(5)15-9-8-10-16(18)17(15)20(12-7-2)13(3)4/h7-10,13-14,19H,2,6,11-12H2,1,3-5H3.